The number of nitrogens with zero attached hydrogens (tertiary/aromatic N) is 1. The van der Waals surface area contributed by atoms with Crippen LogP contribution in [-0.4, -0.2) is 47.9 Å². The number of aromatic nitrogens is 1. The van der Waals surface area contributed by atoms with Crippen LogP contribution in [0.3, 0.4) is 0 Å². The van der Waals surface area contributed by atoms with Crippen molar-refractivity contribution in [1.82, 2.24) is 4.98 Å². The summed E-state index contributed by atoms with van der Waals surface area (Å²) < 4.78 is 29.8. The van der Waals surface area contributed by atoms with E-state index in [-0.39, 0.29) is 30.3 Å². The summed E-state index contributed by atoms with van der Waals surface area (Å²) in [6.07, 6.45) is -0.516. The minimum atomic E-state index is -1.44. The summed E-state index contributed by atoms with van der Waals surface area (Å²) in [5.74, 6) is 0.457. The molecule has 3 rings (SSSR count). The maximum atomic E-state index is 13.6. The third-order valence-corrected chi connectivity index (χ3v) is 5.92. The highest BCUT2D eigenvalue weighted by Crippen LogP contribution is 2.35. The number of ether oxygens (including phenoxy) is 3. The number of carbonyl (C=O) groups excluding carboxylic acids is 1. The van der Waals surface area contributed by atoms with Gasteiger partial charge in [-0.2, -0.15) is 0 Å². The molecule has 0 bridgehead atoms. The number of carbonyl (C=O) groups is 1. The molecule has 0 amide bonds. The normalized spacial score (nSPS) is 13.6. The molecular weight excluding hydrogens is 489 g/mol. The summed E-state index contributed by atoms with van der Waals surface area (Å²) in [6, 6.07) is 12.3. The molecule has 9 heteroatoms. The van der Waals surface area contributed by atoms with E-state index in [0.29, 0.717) is 39.8 Å². The molecule has 7 nitrogen and oxygen atoms in total. The number of aliphatic hydroxyl groups is 2. The number of rotatable bonds is 11. The number of hydrogen-bond acceptors (Lipinski definition) is 7. The van der Waals surface area contributed by atoms with Crippen molar-refractivity contribution >= 4 is 17.4 Å². The van der Waals surface area contributed by atoms with E-state index in [9.17, 15) is 19.4 Å². The fraction of sp³-hybridized carbons (Fsp3) is 0.333. The topological polar surface area (TPSA) is 98.1 Å². The molecule has 0 aliphatic carbocycles. The first-order chi connectivity index (χ1) is 17.1. The van der Waals surface area contributed by atoms with E-state index >= 15 is 0 Å². The zero-order chi connectivity index (χ0) is 26.5. The number of pyridine rings is 1. The average molecular weight is 518 g/mol. The van der Waals surface area contributed by atoms with Gasteiger partial charge in [0.2, 0.25) is 0 Å². The van der Waals surface area contributed by atoms with Crippen LogP contribution in [0.1, 0.15) is 42.7 Å². The van der Waals surface area contributed by atoms with Crippen molar-refractivity contribution in [2.75, 3.05) is 20.8 Å². The van der Waals surface area contributed by atoms with Gasteiger partial charge >= 0.3 is 0 Å². The molecule has 0 fully saturated rings. The first-order valence-corrected chi connectivity index (χ1v) is 11.7. The van der Waals surface area contributed by atoms with Crippen molar-refractivity contribution in [3.8, 4) is 28.5 Å². The van der Waals surface area contributed by atoms with Gasteiger partial charge in [0.25, 0.3) is 0 Å². The second kappa shape index (κ2) is 11.7. The minimum absolute atomic E-state index is 0.0372. The Hall–Kier alpha value is -3.20. The number of Topliss-reactive ketones (excluding diaryl/α,β-unsaturated/α-hetero) is 1. The summed E-state index contributed by atoms with van der Waals surface area (Å²) in [6.45, 7) is 3.27. The van der Waals surface area contributed by atoms with Crippen molar-refractivity contribution in [2.24, 2.45) is 0 Å². The van der Waals surface area contributed by atoms with Crippen LogP contribution in [-0.2, 0) is 5.60 Å². The molecule has 0 saturated carbocycles. The smallest absolute Gasteiger partial charge is 0.163 e. The summed E-state index contributed by atoms with van der Waals surface area (Å²) in [5, 5.41) is 20.5. The SMILES string of the molecule is COc1cc(C(=O)CCC(C)(O)c2ccc(OC)c(-c3ccc(F)c(Cl)c3)n2)ccc1OC[C@@H](C)O. The lowest BCUT2D eigenvalue weighted by Crippen LogP contribution is -2.24. The summed E-state index contributed by atoms with van der Waals surface area (Å²) in [5.41, 5.74) is 0.200. The Bertz CT molecular complexity index is 1230. The van der Waals surface area contributed by atoms with Gasteiger partial charge < -0.3 is 24.4 Å². The Morgan fingerprint density at radius 2 is 1.78 bits per heavy atom. The second-order valence-corrected chi connectivity index (χ2v) is 9.01. The Labute approximate surface area is 214 Å². The maximum absolute atomic E-state index is 13.6. The molecule has 0 saturated heterocycles. The highest BCUT2D eigenvalue weighted by Gasteiger charge is 2.28. The molecule has 1 heterocycles. The highest BCUT2D eigenvalue weighted by molar-refractivity contribution is 6.31. The Morgan fingerprint density at radius 3 is 2.42 bits per heavy atom. The first-order valence-electron chi connectivity index (χ1n) is 11.3. The van der Waals surface area contributed by atoms with Gasteiger partial charge in [-0.25, -0.2) is 9.37 Å². The van der Waals surface area contributed by atoms with Crippen LogP contribution in [0.25, 0.3) is 11.3 Å². The maximum Gasteiger partial charge on any atom is 0.163 e. The lowest BCUT2D eigenvalue weighted by Gasteiger charge is -2.24. The number of hydrogen-bond donors (Lipinski definition) is 2. The third kappa shape index (κ3) is 6.51. The van der Waals surface area contributed by atoms with Crippen LogP contribution in [0.4, 0.5) is 4.39 Å². The van der Waals surface area contributed by atoms with Crippen LogP contribution >= 0.6 is 11.6 Å². The summed E-state index contributed by atoms with van der Waals surface area (Å²) in [7, 11) is 2.95. The van der Waals surface area contributed by atoms with Crippen LogP contribution in [0.15, 0.2) is 48.5 Å². The van der Waals surface area contributed by atoms with Crippen LogP contribution in [0.2, 0.25) is 5.02 Å². The van der Waals surface area contributed by atoms with Gasteiger partial charge in [-0.3, -0.25) is 4.79 Å². The van der Waals surface area contributed by atoms with Crippen molar-refractivity contribution in [2.45, 2.75) is 38.4 Å². The number of ketones is 1. The third-order valence-electron chi connectivity index (χ3n) is 5.63. The number of aliphatic hydroxyl groups excluding tert-OH is 1. The molecule has 2 aromatic carbocycles. The molecule has 3 aromatic rings. The minimum Gasteiger partial charge on any atom is -0.494 e. The monoisotopic (exact) mass is 517 g/mol. The molecule has 0 aliphatic heterocycles. The Morgan fingerprint density at radius 1 is 1.08 bits per heavy atom. The highest BCUT2D eigenvalue weighted by atomic mass is 35.5. The first kappa shape index (κ1) is 27.4. The van der Waals surface area contributed by atoms with Crippen LogP contribution in [0.5, 0.6) is 17.2 Å². The predicted octanol–water partition coefficient (Wildman–Crippen LogP) is 5.19. The number of benzene rings is 2. The van der Waals surface area contributed by atoms with Crippen LogP contribution in [0, 0.1) is 5.82 Å². The van der Waals surface area contributed by atoms with E-state index in [1.54, 1.807) is 44.2 Å². The fourth-order valence-corrected chi connectivity index (χ4v) is 3.74. The molecule has 0 aliphatic rings. The van der Waals surface area contributed by atoms with Crippen molar-refractivity contribution in [1.29, 1.82) is 0 Å². The average Bonchev–Trinajstić information content (AvgIpc) is 2.87. The van der Waals surface area contributed by atoms with Gasteiger partial charge in [0, 0.05) is 17.5 Å². The van der Waals surface area contributed by atoms with E-state index in [1.807, 2.05) is 0 Å². The molecule has 2 N–H and O–H groups in total. The zero-order valence-corrected chi connectivity index (χ0v) is 21.3. The molecule has 1 aromatic heterocycles. The molecule has 2 atom stereocenters. The van der Waals surface area contributed by atoms with Gasteiger partial charge in [0.05, 0.1) is 31.0 Å². The molecule has 36 heavy (non-hydrogen) atoms. The zero-order valence-electron chi connectivity index (χ0n) is 20.5. The number of methoxy groups -OCH3 is 2. The lowest BCUT2D eigenvalue weighted by atomic mass is 9.92. The Balaban J connectivity index is 1.79. The van der Waals surface area contributed by atoms with E-state index < -0.39 is 17.5 Å². The second-order valence-electron chi connectivity index (χ2n) is 8.60. The summed E-state index contributed by atoms with van der Waals surface area (Å²) >= 11 is 5.94. The van der Waals surface area contributed by atoms with Gasteiger partial charge in [0.15, 0.2) is 17.3 Å². The van der Waals surface area contributed by atoms with Gasteiger partial charge in [-0.05, 0) is 68.8 Å². The van der Waals surface area contributed by atoms with E-state index in [0.717, 1.165) is 0 Å². The van der Waals surface area contributed by atoms with Gasteiger partial charge in [-0.1, -0.05) is 11.6 Å². The van der Waals surface area contributed by atoms with Gasteiger partial charge in [-0.15, -0.1) is 0 Å². The lowest BCUT2D eigenvalue weighted by molar-refractivity contribution is 0.0397. The van der Waals surface area contributed by atoms with E-state index in [1.165, 1.54) is 32.4 Å². The van der Waals surface area contributed by atoms with E-state index in [2.05, 4.69) is 4.98 Å². The van der Waals surface area contributed by atoms with Crippen LogP contribution < -0.4 is 14.2 Å². The standard InChI is InChI=1S/C27H29ClFNO6/c1-16(31)15-36-22-8-6-17(14-24(22)35-4)21(32)11-12-27(2,33)25-10-9-23(34-3)26(30-25)18-5-7-20(29)19(28)13-18/h5-10,13-14,16,31,33H,11-12,15H2,1-4H3/t16-,27?/m1/s1. The van der Waals surface area contributed by atoms with Crippen molar-refractivity contribution in [3.63, 3.8) is 0 Å². The predicted molar refractivity (Wildman–Crippen MR) is 134 cm³/mol. The van der Waals surface area contributed by atoms with Crippen molar-refractivity contribution < 1.29 is 33.6 Å². The molecule has 1 unspecified atom stereocenters. The summed E-state index contributed by atoms with van der Waals surface area (Å²) in [4.78, 5) is 17.4. The quantitative estimate of drug-likeness (QED) is 0.338. The molecular formula is C27H29ClFNO6. The largest absolute Gasteiger partial charge is 0.494 e. The molecule has 0 spiro atoms. The van der Waals surface area contributed by atoms with Gasteiger partial charge in [0.1, 0.15) is 29.5 Å². The Kier molecular flexibility index (Phi) is 8.89. The number of halogens is 2. The van der Waals surface area contributed by atoms with Crippen molar-refractivity contribution in [3.05, 3.63) is 70.6 Å². The molecule has 0 radical (unpaired) electrons. The van der Waals surface area contributed by atoms with E-state index in [4.69, 9.17) is 25.8 Å². The fourth-order valence-electron chi connectivity index (χ4n) is 3.56. The molecule has 192 valence electrons.